The Morgan fingerprint density at radius 3 is 2.79 bits per heavy atom. The van der Waals surface area contributed by atoms with Gasteiger partial charge in [-0.1, -0.05) is 0 Å². The van der Waals surface area contributed by atoms with E-state index >= 15 is 0 Å². The normalized spacial score (nSPS) is 22.3. The van der Waals surface area contributed by atoms with E-state index in [-0.39, 0.29) is 18.9 Å². The van der Waals surface area contributed by atoms with E-state index in [1.807, 2.05) is 0 Å². The fourth-order valence-corrected chi connectivity index (χ4v) is 2.24. The van der Waals surface area contributed by atoms with Crippen LogP contribution in [0.15, 0.2) is 12.7 Å². The molecule has 1 aliphatic rings. The predicted octanol–water partition coefficient (Wildman–Crippen LogP) is 1.64. The molecule has 1 amide bonds. The van der Waals surface area contributed by atoms with E-state index in [1.54, 1.807) is 6.92 Å². The van der Waals surface area contributed by atoms with Crippen LogP contribution in [0, 0.1) is 5.92 Å². The molecule has 0 saturated carbocycles. The Morgan fingerprint density at radius 2 is 2.21 bits per heavy atom. The summed E-state index contributed by atoms with van der Waals surface area (Å²) < 4.78 is 39.4. The van der Waals surface area contributed by atoms with Gasteiger partial charge in [-0.25, -0.2) is 9.67 Å². The highest BCUT2D eigenvalue weighted by Crippen LogP contribution is 2.33. The Balaban J connectivity index is 2.03. The van der Waals surface area contributed by atoms with Crippen LogP contribution >= 0.6 is 0 Å². The van der Waals surface area contributed by atoms with Gasteiger partial charge < -0.3 is 4.90 Å². The molecule has 1 aromatic heterocycles. The molecule has 0 N–H and O–H groups in total. The summed E-state index contributed by atoms with van der Waals surface area (Å²) in [6.45, 7) is 1.71. The largest absolute Gasteiger partial charge is 0.393 e. The fourth-order valence-electron chi connectivity index (χ4n) is 2.24. The summed E-state index contributed by atoms with van der Waals surface area (Å²) in [5.41, 5.74) is 0. The summed E-state index contributed by atoms with van der Waals surface area (Å²) in [4.78, 5) is 17.1. The SMILES string of the molecule is CC(C(=O)N1CCCC(C(F)(F)F)C1)n1cncn1. The van der Waals surface area contributed by atoms with E-state index < -0.39 is 18.1 Å². The van der Waals surface area contributed by atoms with Crippen molar-refractivity contribution in [1.82, 2.24) is 19.7 Å². The number of nitrogens with zero attached hydrogens (tertiary/aromatic N) is 4. The van der Waals surface area contributed by atoms with Crippen molar-refractivity contribution in [3.8, 4) is 0 Å². The average molecular weight is 276 g/mol. The fraction of sp³-hybridized carbons (Fsp3) is 0.727. The third-order valence-electron chi connectivity index (χ3n) is 3.39. The Bertz CT molecular complexity index is 432. The Hall–Kier alpha value is -1.60. The molecule has 0 radical (unpaired) electrons. The Kier molecular flexibility index (Phi) is 3.77. The number of carbonyl (C=O) groups is 1. The maximum absolute atomic E-state index is 12.7. The summed E-state index contributed by atoms with van der Waals surface area (Å²) in [7, 11) is 0. The minimum atomic E-state index is -4.24. The monoisotopic (exact) mass is 276 g/mol. The first-order valence-corrected chi connectivity index (χ1v) is 6.09. The van der Waals surface area contributed by atoms with E-state index in [0.717, 1.165) is 0 Å². The van der Waals surface area contributed by atoms with E-state index in [4.69, 9.17) is 0 Å². The average Bonchev–Trinajstić information content (AvgIpc) is 2.90. The first-order chi connectivity index (χ1) is 8.89. The maximum atomic E-state index is 12.7. The minimum Gasteiger partial charge on any atom is -0.340 e. The van der Waals surface area contributed by atoms with E-state index in [0.29, 0.717) is 13.0 Å². The van der Waals surface area contributed by atoms with Gasteiger partial charge in [-0.2, -0.15) is 18.3 Å². The molecule has 8 heteroatoms. The van der Waals surface area contributed by atoms with Gasteiger partial charge in [-0.3, -0.25) is 4.79 Å². The van der Waals surface area contributed by atoms with Crippen molar-refractivity contribution in [2.24, 2.45) is 5.92 Å². The molecular weight excluding hydrogens is 261 g/mol. The number of aromatic nitrogens is 3. The third kappa shape index (κ3) is 3.05. The molecule has 2 unspecified atom stereocenters. The van der Waals surface area contributed by atoms with Crippen molar-refractivity contribution in [3.05, 3.63) is 12.7 Å². The number of piperidine rings is 1. The summed E-state index contributed by atoms with van der Waals surface area (Å²) >= 11 is 0. The lowest BCUT2D eigenvalue weighted by molar-refractivity contribution is -0.188. The van der Waals surface area contributed by atoms with Crippen LogP contribution in [0.2, 0.25) is 0 Å². The quantitative estimate of drug-likeness (QED) is 0.825. The molecule has 1 aliphatic heterocycles. The Labute approximate surface area is 108 Å². The van der Waals surface area contributed by atoms with Gasteiger partial charge in [-0.05, 0) is 19.8 Å². The molecule has 1 fully saturated rings. The molecule has 5 nitrogen and oxygen atoms in total. The van der Waals surface area contributed by atoms with Crippen LogP contribution in [0.25, 0.3) is 0 Å². The second-order valence-electron chi connectivity index (χ2n) is 4.72. The number of halogens is 3. The molecule has 2 rings (SSSR count). The van der Waals surface area contributed by atoms with Gasteiger partial charge in [0.05, 0.1) is 5.92 Å². The molecule has 106 valence electrons. The summed E-state index contributed by atoms with van der Waals surface area (Å²) in [5, 5.41) is 3.84. The standard InChI is InChI=1S/C11H15F3N4O/c1-8(18-7-15-6-16-18)10(19)17-4-2-3-9(5-17)11(12,13)14/h6-9H,2-5H2,1H3. The first kappa shape index (κ1) is 13.8. The molecular formula is C11H15F3N4O. The van der Waals surface area contributed by atoms with Gasteiger partial charge in [0.25, 0.3) is 0 Å². The van der Waals surface area contributed by atoms with Crippen molar-refractivity contribution < 1.29 is 18.0 Å². The van der Waals surface area contributed by atoms with Crippen molar-refractivity contribution in [3.63, 3.8) is 0 Å². The lowest BCUT2D eigenvalue weighted by Gasteiger charge is -2.35. The molecule has 0 aliphatic carbocycles. The second-order valence-corrected chi connectivity index (χ2v) is 4.72. The van der Waals surface area contributed by atoms with Gasteiger partial charge in [-0.15, -0.1) is 0 Å². The van der Waals surface area contributed by atoms with Crippen molar-refractivity contribution in [1.29, 1.82) is 0 Å². The summed E-state index contributed by atoms with van der Waals surface area (Å²) in [6, 6.07) is -0.630. The summed E-state index contributed by atoms with van der Waals surface area (Å²) in [5.74, 6) is -1.77. The zero-order chi connectivity index (χ0) is 14.0. The van der Waals surface area contributed by atoms with E-state index in [2.05, 4.69) is 10.1 Å². The number of likely N-dealkylation sites (tertiary alicyclic amines) is 1. The zero-order valence-electron chi connectivity index (χ0n) is 10.5. The number of rotatable bonds is 2. The molecule has 1 aromatic rings. The lowest BCUT2D eigenvalue weighted by Crippen LogP contribution is -2.46. The highest BCUT2D eigenvalue weighted by molar-refractivity contribution is 5.80. The molecule has 2 heterocycles. The van der Waals surface area contributed by atoms with Gasteiger partial charge in [0.2, 0.25) is 5.91 Å². The first-order valence-electron chi connectivity index (χ1n) is 6.09. The van der Waals surface area contributed by atoms with E-state index in [9.17, 15) is 18.0 Å². The van der Waals surface area contributed by atoms with Crippen LogP contribution in [0.1, 0.15) is 25.8 Å². The lowest BCUT2D eigenvalue weighted by atomic mass is 9.97. The molecule has 1 saturated heterocycles. The molecule has 0 bridgehead atoms. The smallest absolute Gasteiger partial charge is 0.340 e. The van der Waals surface area contributed by atoms with Gasteiger partial charge in [0.1, 0.15) is 18.7 Å². The van der Waals surface area contributed by atoms with Gasteiger partial charge in [0.15, 0.2) is 0 Å². The maximum Gasteiger partial charge on any atom is 0.393 e. The number of amides is 1. The van der Waals surface area contributed by atoms with Crippen LogP contribution in [-0.2, 0) is 4.79 Å². The minimum absolute atomic E-state index is 0.0883. The van der Waals surface area contributed by atoms with Gasteiger partial charge in [0, 0.05) is 13.1 Å². The highest BCUT2D eigenvalue weighted by atomic mass is 19.4. The zero-order valence-corrected chi connectivity index (χ0v) is 10.5. The van der Waals surface area contributed by atoms with Gasteiger partial charge >= 0.3 is 6.18 Å². The second kappa shape index (κ2) is 5.18. The predicted molar refractivity (Wildman–Crippen MR) is 60.1 cm³/mol. The van der Waals surface area contributed by atoms with Crippen LogP contribution in [0.3, 0.4) is 0 Å². The number of hydrogen-bond donors (Lipinski definition) is 0. The number of alkyl halides is 3. The van der Waals surface area contributed by atoms with Crippen molar-refractivity contribution in [2.45, 2.75) is 32.0 Å². The number of carbonyl (C=O) groups excluding carboxylic acids is 1. The summed E-state index contributed by atoms with van der Waals surface area (Å²) in [6.07, 6.45) is -1.10. The topological polar surface area (TPSA) is 51.0 Å². The van der Waals surface area contributed by atoms with Crippen LogP contribution in [-0.4, -0.2) is 44.8 Å². The molecule has 0 spiro atoms. The number of hydrogen-bond acceptors (Lipinski definition) is 3. The van der Waals surface area contributed by atoms with Crippen LogP contribution in [0.5, 0.6) is 0 Å². The third-order valence-corrected chi connectivity index (χ3v) is 3.39. The van der Waals surface area contributed by atoms with Crippen LogP contribution in [0.4, 0.5) is 13.2 Å². The van der Waals surface area contributed by atoms with Crippen molar-refractivity contribution >= 4 is 5.91 Å². The molecule has 2 atom stereocenters. The highest BCUT2D eigenvalue weighted by Gasteiger charge is 2.43. The molecule has 19 heavy (non-hydrogen) atoms. The van der Waals surface area contributed by atoms with Crippen molar-refractivity contribution in [2.75, 3.05) is 13.1 Å². The Morgan fingerprint density at radius 1 is 1.47 bits per heavy atom. The molecule has 0 aromatic carbocycles. The van der Waals surface area contributed by atoms with E-state index in [1.165, 1.54) is 22.2 Å². The van der Waals surface area contributed by atoms with Crippen LogP contribution < -0.4 is 0 Å².